The summed E-state index contributed by atoms with van der Waals surface area (Å²) in [6.45, 7) is 6.72. The number of guanidine groups is 1. The van der Waals surface area contributed by atoms with Crippen molar-refractivity contribution in [3.63, 3.8) is 0 Å². The molecule has 0 amide bonds. The van der Waals surface area contributed by atoms with Gasteiger partial charge in [0.2, 0.25) is 0 Å². The maximum Gasteiger partial charge on any atom is 0.422 e. The number of aliphatic imine (C=N–C) groups is 1. The van der Waals surface area contributed by atoms with Gasteiger partial charge in [-0.1, -0.05) is 12.1 Å². The second kappa shape index (κ2) is 12.6. The molecule has 0 atom stereocenters. The van der Waals surface area contributed by atoms with E-state index in [-0.39, 0.29) is 5.75 Å². The molecule has 2 rings (SSSR count). The Balaban J connectivity index is 1.77. The summed E-state index contributed by atoms with van der Waals surface area (Å²) >= 11 is 0. The molecule has 0 unspecified atom stereocenters. The zero-order valence-electron chi connectivity index (χ0n) is 17.8. The molecule has 30 heavy (non-hydrogen) atoms. The maximum absolute atomic E-state index is 12.2. The molecule has 0 aliphatic carbocycles. The number of methoxy groups -OCH3 is 1. The van der Waals surface area contributed by atoms with Gasteiger partial charge in [-0.25, -0.2) is 4.99 Å². The van der Waals surface area contributed by atoms with Gasteiger partial charge in [0.25, 0.3) is 0 Å². The van der Waals surface area contributed by atoms with Crippen molar-refractivity contribution in [1.29, 1.82) is 0 Å². The summed E-state index contributed by atoms with van der Waals surface area (Å²) in [6.07, 6.45) is -2.04. The summed E-state index contributed by atoms with van der Waals surface area (Å²) in [5.41, 5.74) is 0.901. The Morgan fingerprint density at radius 3 is 2.47 bits per heavy atom. The van der Waals surface area contributed by atoms with Crippen LogP contribution < -0.4 is 15.4 Å². The number of benzene rings is 1. The molecular weight excluding hydrogens is 397 g/mol. The van der Waals surface area contributed by atoms with E-state index in [0.29, 0.717) is 12.5 Å². The van der Waals surface area contributed by atoms with E-state index in [1.165, 1.54) is 12.1 Å². The van der Waals surface area contributed by atoms with Crippen molar-refractivity contribution in [2.24, 2.45) is 10.9 Å². The Hall–Kier alpha value is -2.00. The number of hydrogen-bond acceptors (Lipinski definition) is 4. The molecule has 1 saturated heterocycles. The SMILES string of the molecule is CCNC(=NCc1ccc(OCC(F)(F)F)cc1)NCC1CCN(CCOC)CC1. The number of alkyl halides is 3. The van der Waals surface area contributed by atoms with Gasteiger partial charge < -0.3 is 25.0 Å². The van der Waals surface area contributed by atoms with Crippen LogP contribution in [0.5, 0.6) is 5.75 Å². The van der Waals surface area contributed by atoms with Crippen LogP contribution in [0.15, 0.2) is 29.3 Å². The Morgan fingerprint density at radius 1 is 1.17 bits per heavy atom. The Morgan fingerprint density at radius 2 is 1.87 bits per heavy atom. The third-order valence-electron chi connectivity index (χ3n) is 4.97. The molecule has 0 bridgehead atoms. The van der Waals surface area contributed by atoms with Crippen LogP contribution in [0.25, 0.3) is 0 Å². The molecule has 170 valence electrons. The number of rotatable bonds is 10. The van der Waals surface area contributed by atoms with Gasteiger partial charge in [0.05, 0.1) is 13.2 Å². The summed E-state index contributed by atoms with van der Waals surface area (Å²) < 4.78 is 46.5. The zero-order chi connectivity index (χ0) is 21.8. The van der Waals surface area contributed by atoms with Crippen molar-refractivity contribution in [2.75, 3.05) is 53.0 Å². The molecule has 0 aromatic heterocycles. The van der Waals surface area contributed by atoms with Crippen LogP contribution in [0.3, 0.4) is 0 Å². The van der Waals surface area contributed by atoms with Crippen molar-refractivity contribution < 1.29 is 22.6 Å². The highest BCUT2D eigenvalue weighted by Gasteiger charge is 2.28. The van der Waals surface area contributed by atoms with E-state index < -0.39 is 12.8 Å². The fraction of sp³-hybridized carbons (Fsp3) is 0.667. The standard InChI is InChI=1S/C21H33F3N4O2/c1-3-25-20(27-15-18-8-10-28(11-9-18)12-13-29-2)26-14-17-4-6-19(7-5-17)30-16-21(22,23)24/h4-7,18H,3,8-16H2,1-2H3,(H2,25,26,27). The first kappa shape index (κ1) is 24.3. The number of ether oxygens (including phenoxy) is 2. The predicted octanol–water partition coefficient (Wildman–Crippen LogP) is 3.04. The topological polar surface area (TPSA) is 58.1 Å². The second-order valence-corrected chi connectivity index (χ2v) is 7.40. The molecule has 1 aliphatic heterocycles. The predicted molar refractivity (Wildman–Crippen MR) is 112 cm³/mol. The quantitative estimate of drug-likeness (QED) is 0.441. The molecule has 1 aliphatic rings. The van der Waals surface area contributed by atoms with Crippen molar-refractivity contribution in [3.05, 3.63) is 29.8 Å². The molecule has 0 saturated carbocycles. The van der Waals surface area contributed by atoms with E-state index in [4.69, 9.17) is 9.47 Å². The van der Waals surface area contributed by atoms with Crippen LogP contribution in [-0.2, 0) is 11.3 Å². The van der Waals surface area contributed by atoms with E-state index in [1.54, 1.807) is 19.2 Å². The van der Waals surface area contributed by atoms with Crippen LogP contribution >= 0.6 is 0 Å². The van der Waals surface area contributed by atoms with E-state index in [9.17, 15) is 13.2 Å². The average molecular weight is 431 g/mol. The summed E-state index contributed by atoms with van der Waals surface area (Å²) in [4.78, 5) is 7.02. The number of likely N-dealkylation sites (tertiary alicyclic amines) is 1. The largest absolute Gasteiger partial charge is 0.484 e. The molecule has 1 fully saturated rings. The second-order valence-electron chi connectivity index (χ2n) is 7.40. The first-order valence-electron chi connectivity index (χ1n) is 10.4. The Kier molecular flexibility index (Phi) is 10.2. The van der Waals surface area contributed by atoms with Gasteiger partial charge in [0.1, 0.15) is 5.75 Å². The summed E-state index contributed by atoms with van der Waals surface area (Å²) in [6, 6.07) is 6.53. The van der Waals surface area contributed by atoms with Crippen LogP contribution in [-0.4, -0.2) is 70.1 Å². The molecule has 0 spiro atoms. The number of halogens is 3. The molecule has 2 N–H and O–H groups in total. The molecule has 1 heterocycles. The third-order valence-corrected chi connectivity index (χ3v) is 4.97. The maximum atomic E-state index is 12.2. The van der Waals surface area contributed by atoms with Crippen LogP contribution in [0, 0.1) is 5.92 Å². The highest BCUT2D eigenvalue weighted by molar-refractivity contribution is 5.79. The minimum Gasteiger partial charge on any atom is -0.484 e. The smallest absolute Gasteiger partial charge is 0.422 e. The first-order chi connectivity index (χ1) is 14.4. The minimum absolute atomic E-state index is 0.196. The van der Waals surface area contributed by atoms with Crippen LogP contribution in [0.1, 0.15) is 25.3 Å². The lowest BCUT2D eigenvalue weighted by Gasteiger charge is -2.32. The Labute approximate surface area is 176 Å². The fourth-order valence-electron chi connectivity index (χ4n) is 3.24. The van der Waals surface area contributed by atoms with Crippen LogP contribution in [0.4, 0.5) is 13.2 Å². The van der Waals surface area contributed by atoms with E-state index in [0.717, 1.165) is 63.7 Å². The van der Waals surface area contributed by atoms with E-state index in [1.807, 2.05) is 6.92 Å². The normalized spacial score (nSPS) is 16.5. The minimum atomic E-state index is -4.34. The molecule has 0 radical (unpaired) electrons. The number of nitrogens with one attached hydrogen (secondary N) is 2. The van der Waals surface area contributed by atoms with Gasteiger partial charge in [-0.2, -0.15) is 13.2 Å². The molecule has 1 aromatic carbocycles. The van der Waals surface area contributed by atoms with Crippen molar-refractivity contribution in [1.82, 2.24) is 15.5 Å². The first-order valence-corrected chi connectivity index (χ1v) is 10.4. The highest BCUT2D eigenvalue weighted by atomic mass is 19.4. The lowest BCUT2D eigenvalue weighted by Crippen LogP contribution is -2.43. The zero-order valence-corrected chi connectivity index (χ0v) is 17.8. The molecule has 6 nitrogen and oxygen atoms in total. The monoisotopic (exact) mass is 430 g/mol. The number of hydrogen-bond donors (Lipinski definition) is 2. The number of piperidine rings is 1. The third kappa shape index (κ3) is 9.67. The lowest BCUT2D eigenvalue weighted by atomic mass is 9.97. The van der Waals surface area contributed by atoms with Crippen molar-refractivity contribution >= 4 is 5.96 Å². The van der Waals surface area contributed by atoms with Gasteiger partial charge in [0.15, 0.2) is 12.6 Å². The van der Waals surface area contributed by atoms with Gasteiger partial charge in [0, 0.05) is 26.7 Å². The average Bonchev–Trinajstić information content (AvgIpc) is 2.73. The van der Waals surface area contributed by atoms with Gasteiger partial charge in [-0.3, -0.25) is 0 Å². The van der Waals surface area contributed by atoms with Crippen molar-refractivity contribution in [3.8, 4) is 5.75 Å². The summed E-state index contributed by atoms with van der Waals surface area (Å²) in [5.74, 6) is 1.55. The van der Waals surface area contributed by atoms with E-state index >= 15 is 0 Å². The molecule has 9 heteroatoms. The highest BCUT2D eigenvalue weighted by Crippen LogP contribution is 2.19. The number of nitrogens with zero attached hydrogens (tertiary/aromatic N) is 2. The summed E-state index contributed by atoms with van der Waals surface area (Å²) in [5, 5.41) is 6.65. The van der Waals surface area contributed by atoms with Gasteiger partial charge in [-0.15, -0.1) is 0 Å². The van der Waals surface area contributed by atoms with E-state index in [2.05, 4.69) is 20.5 Å². The van der Waals surface area contributed by atoms with Gasteiger partial charge >= 0.3 is 6.18 Å². The fourth-order valence-corrected chi connectivity index (χ4v) is 3.24. The van der Waals surface area contributed by atoms with Crippen molar-refractivity contribution in [2.45, 2.75) is 32.5 Å². The lowest BCUT2D eigenvalue weighted by molar-refractivity contribution is -0.153. The summed E-state index contributed by atoms with van der Waals surface area (Å²) in [7, 11) is 1.73. The van der Waals surface area contributed by atoms with Crippen LogP contribution in [0.2, 0.25) is 0 Å². The van der Waals surface area contributed by atoms with Gasteiger partial charge in [-0.05, 0) is 56.5 Å². The Bertz CT molecular complexity index is 630. The molecule has 1 aromatic rings. The molecular formula is C21H33F3N4O2.